The van der Waals surface area contributed by atoms with E-state index in [1.54, 1.807) is 25.1 Å². The lowest BCUT2D eigenvalue weighted by atomic mass is 9.98. The zero-order valence-corrected chi connectivity index (χ0v) is 16.2. The minimum absolute atomic E-state index is 0.0492. The van der Waals surface area contributed by atoms with Gasteiger partial charge in [0.15, 0.2) is 0 Å². The summed E-state index contributed by atoms with van der Waals surface area (Å²) in [6.07, 6.45) is 0. The number of carbonyl (C=O) groups is 1. The van der Waals surface area contributed by atoms with Gasteiger partial charge in [-0.25, -0.2) is 4.39 Å². The fourth-order valence-corrected chi connectivity index (χ4v) is 3.03. The van der Waals surface area contributed by atoms with E-state index in [1.165, 1.54) is 24.3 Å². The van der Waals surface area contributed by atoms with Crippen molar-refractivity contribution in [3.63, 3.8) is 0 Å². The van der Waals surface area contributed by atoms with Crippen LogP contribution >= 0.6 is 0 Å². The summed E-state index contributed by atoms with van der Waals surface area (Å²) in [6, 6.07) is 19.8. The molecule has 3 aromatic carbocycles. The van der Waals surface area contributed by atoms with Crippen LogP contribution in [-0.4, -0.2) is 19.1 Å². The monoisotopic (exact) mass is 414 g/mol. The van der Waals surface area contributed by atoms with Crippen LogP contribution in [0.1, 0.15) is 22.7 Å². The molecule has 3 aromatic rings. The Morgan fingerprint density at radius 3 is 2.27 bits per heavy atom. The number of alkyl halides is 2. The van der Waals surface area contributed by atoms with Crippen LogP contribution < -0.4 is 15.4 Å². The number of carbonyl (C=O) groups excluding carboxylic acids is 1. The van der Waals surface area contributed by atoms with E-state index in [2.05, 4.69) is 15.4 Å². The Kier molecular flexibility index (Phi) is 7.08. The second-order valence-electron chi connectivity index (χ2n) is 6.70. The summed E-state index contributed by atoms with van der Waals surface area (Å²) in [4.78, 5) is 12.3. The van der Waals surface area contributed by atoms with Crippen molar-refractivity contribution < 1.29 is 22.7 Å². The molecule has 3 rings (SSSR count). The first-order valence-electron chi connectivity index (χ1n) is 9.31. The minimum Gasteiger partial charge on any atom is -0.435 e. The predicted octanol–water partition coefficient (Wildman–Crippen LogP) is 5.05. The van der Waals surface area contributed by atoms with Gasteiger partial charge in [0.05, 0.1) is 18.3 Å². The average molecular weight is 414 g/mol. The van der Waals surface area contributed by atoms with Crippen LogP contribution in [0.15, 0.2) is 72.8 Å². The van der Waals surface area contributed by atoms with Gasteiger partial charge >= 0.3 is 6.61 Å². The smallest absolute Gasteiger partial charge is 0.387 e. The van der Waals surface area contributed by atoms with E-state index in [0.29, 0.717) is 0 Å². The zero-order valence-electron chi connectivity index (χ0n) is 16.2. The van der Waals surface area contributed by atoms with Crippen LogP contribution in [0.3, 0.4) is 0 Å². The van der Waals surface area contributed by atoms with E-state index in [4.69, 9.17) is 0 Å². The van der Waals surface area contributed by atoms with Crippen molar-refractivity contribution in [1.29, 1.82) is 0 Å². The van der Waals surface area contributed by atoms with Gasteiger partial charge in [-0.2, -0.15) is 8.78 Å². The van der Waals surface area contributed by atoms with Gasteiger partial charge in [0, 0.05) is 0 Å². The molecule has 4 nitrogen and oxygen atoms in total. The molecule has 0 aliphatic rings. The van der Waals surface area contributed by atoms with E-state index >= 15 is 0 Å². The molecule has 0 saturated carbocycles. The summed E-state index contributed by atoms with van der Waals surface area (Å²) in [5.74, 6) is -0.859. The van der Waals surface area contributed by atoms with Crippen LogP contribution in [0.5, 0.6) is 5.75 Å². The van der Waals surface area contributed by atoms with Crippen LogP contribution in [0.2, 0.25) is 0 Å². The largest absolute Gasteiger partial charge is 0.435 e. The molecule has 1 amide bonds. The van der Waals surface area contributed by atoms with Crippen LogP contribution in [0, 0.1) is 12.7 Å². The van der Waals surface area contributed by atoms with Gasteiger partial charge in [-0.1, -0.05) is 48.5 Å². The molecule has 0 aromatic heterocycles. The lowest BCUT2D eigenvalue weighted by Crippen LogP contribution is -2.32. The van der Waals surface area contributed by atoms with Gasteiger partial charge in [0.1, 0.15) is 11.6 Å². The van der Waals surface area contributed by atoms with E-state index < -0.39 is 18.3 Å². The first kappa shape index (κ1) is 21.4. The molecule has 156 valence electrons. The summed E-state index contributed by atoms with van der Waals surface area (Å²) in [6.45, 7) is -1.22. The molecule has 7 heteroatoms. The van der Waals surface area contributed by atoms with E-state index in [1.807, 2.05) is 30.3 Å². The molecule has 0 unspecified atom stereocenters. The fraction of sp³-hybridized carbons (Fsp3) is 0.174. The summed E-state index contributed by atoms with van der Waals surface area (Å²) >= 11 is 0. The minimum atomic E-state index is -2.90. The number of nitrogens with one attached hydrogen (secondary N) is 2. The second kappa shape index (κ2) is 9.93. The Labute approximate surface area is 172 Å². The van der Waals surface area contributed by atoms with Crippen molar-refractivity contribution in [3.8, 4) is 5.75 Å². The molecule has 30 heavy (non-hydrogen) atoms. The van der Waals surface area contributed by atoms with Crippen molar-refractivity contribution in [2.75, 3.05) is 11.9 Å². The number of benzene rings is 3. The summed E-state index contributed by atoms with van der Waals surface area (Å²) in [5.41, 5.74) is 2.51. The molecule has 1 atom stereocenters. The maximum absolute atomic E-state index is 14.0. The van der Waals surface area contributed by atoms with Gasteiger partial charge in [0.2, 0.25) is 5.91 Å². The molecule has 0 spiro atoms. The summed E-state index contributed by atoms with van der Waals surface area (Å²) in [5, 5.41) is 5.69. The highest BCUT2D eigenvalue weighted by Gasteiger charge is 2.16. The maximum Gasteiger partial charge on any atom is 0.387 e. The Bertz CT molecular complexity index is 979. The number of halogens is 3. The van der Waals surface area contributed by atoms with Crippen molar-refractivity contribution in [3.05, 3.63) is 95.3 Å². The van der Waals surface area contributed by atoms with Crippen molar-refractivity contribution >= 4 is 11.6 Å². The lowest BCUT2D eigenvalue weighted by molar-refractivity contribution is -0.115. The molecular weight excluding hydrogens is 393 g/mol. The Morgan fingerprint density at radius 2 is 1.63 bits per heavy atom. The Hall–Kier alpha value is -3.32. The number of rotatable bonds is 8. The number of hydrogen-bond donors (Lipinski definition) is 2. The van der Waals surface area contributed by atoms with Crippen LogP contribution in [-0.2, 0) is 4.79 Å². The van der Waals surface area contributed by atoms with Crippen molar-refractivity contribution in [2.45, 2.75) is 19.6 Å². The van der Waals surface area contributed by atoms with E-state index in [9.17, 15) is 18.0 Å². The third-order valence-corrected chi connectivity index (χ3v) is 4.44. The number of amides is 1. The average Bonchev–Trinajstić information content (AvgIpc) is 2.72. The standard InChI is InChI=1S/C23H21F3N2O2/c1-15-7-12-20(19(24)13-15)28-21(29)14-27-22(16-5-3-2-4-6-16)17-8-10-18(11-9-17)30-23(25)26/h2-13,22-23,27H,14H2,1H3,(H,28,29)/t22-/m0/s1. The number of ether oxygens (including phenoxy) is 1. The topological polar surface area (TPSA) is 50.4 Å². The molecule has 0 bridgehead atoms. The van der Waals surface area contributed by atoms with Gasteiger partial charge in [-0.3, -0.25) is 10.1 Å². The molecular formula is C23H21F3N2O2. The first-order valence-corrected chi connectivity index (χ1v) is 9.31. The molecule has 0 heterocycles. The third-order valence-electron chi connectivity index (χ3n) is 4.44. The van der Waals surface area contributed by atoms with Gasteiger partial charge < -0.3 is 10.1 Å². The molecule has 2 N–H and O–H groups in total. The summed E-state index contributed by atoms with van der Waals surface area (Å²) < 4.78 is 43.1. The maximum atomic E-state index is 14.0. The first-order chi connectivity index (χ1) is 14.4. The number of anilines is 1. The van der Waals surface area contributed by atoms with E-state index in [-0.39, 0.29) is 24.0 Å². The Balaban J connectivity index is 1.72. The highest BCUT2D eigenvalue weighted by molar-refractivity contribution is 5.92. The molecule has 0 fully saturated rings. The van der Waals surface area contributed by atoms with Crippen LogP contribution in [0.25, 0.3) is 0 Å². The van der Waals surface area contributed by atoms with Crippen molar-refractivity contribution in [1.82, 2.24) is 5.32 Å². The van der Waals surface area contributed by atoms with Gasteiger partial charge in [-0.15, -0.1) is 0 Å². The molecule has 0 saturated heterocycles. The van der Waals surface area contributed by atoms with E-state index in [0.717, 1.165) is 16.7 Å². The van der Waals surface area contributed by atoms with Gasteiger partial charge in [0.25, 0.3) is 0 Å². The normalized spacial score (nSPS) is 11.9. The lowest BCUT2D eigenvalue weighted by Gasteiger charge is -2.20. The molecule has 0 aliphatic heterocycles. The third kappa shape index (κ3) is 5.84. The molecule has 0 radical (unpaired) electrons. The van der Waals surface area contributed by atoms with Crippen LogP contribution in [0.4, 0.5) is 18.9 Å². The second-order valence-corrected chi connectivity index (χ2v) is 6.70. The SMILES string of the molecule is Cc1ccc(NC(=O)CN[C@@H](c2ccccc2)c2ccc(OC(F)F)cc2)c(F)c1. The highest BCUT2D eigenvalue weighted by Crippen LogP contribution is 2.25. The fourth-order valence-electron chi connectivity index (χ4n) is 3.03. The quantitative estimate of drug-likeness (QED) is 0.542. The Morgan fingerprint density at radius 1 is 0.967 bits per heavy atom. The molecule has 0 aliphatic carbocycles. The number of aryl methyl sites for hydroxylation is 1. The number of hydrogen-bond acceptors (Lipinski definition) is 3. The van der Waals surface area contributed by atoms with Crippen molar-refractivity contribution in [2.24, 2.45) is 0 Å². The highest BCUT2D eigenvalue weighted by atomic mass is 19.3. The predicted molar refractivity (Wildman–Crippen MR) is 109 cm³/mol. The summed E-state index contributed by atoms with van der Waals surface area (Å²) in [7, 11) is 0. The zero-order chi connectivity index (χ0) is 21.5. The van der Waals surface area contributed by atoms with Gasteiger partial charge in [-0.05, 0) is 47.9 Å².